The first-order chi connectivity index (χ1) is 16.2. The van der Waals surface area contributed by atoms with Crippen LogP contribution in [0.1, 0.15) is 30.5 Å². The molecule has 0 N–H and O–H groups in total. The maximum absolute atomic E-state index is 10.1. The van der Waals surface area contributed by atoms with Gasteiger partial charge in [0, 0.05) is 36.0 Å². The lowest BCUT2D eigenvalue weighted by molar-refractivity contribution is 0.305. The van der Waals surface area contributed by atoms with Gasteiger partial charge in [0.05, 0.1) is 11.6 Å². The van der Waals surface area contributed by atoms with Crippen molar-refractivity contribution in [1.29, 1.82) is 5.26 Å². The monoisotopic (exact) mass is 432 g/mol. The summed E-state index contributed by atoms with van der Waals surface area (Å²) in [5.41, 5.74) is 4.66. The Bertz CT molecular complexity index is 1290. The zero-order valence-electron chi connectivity index (χ0n) is 19.2. The predicted molar refractivity (Wildman–Crippen MR) is 138 cm³/mol. The summed E-state index contributed by atoms with van der Waals surface area (Å²) in [6.45, 7) is 6.61. The molecule has 4 aromatic rings. The molecule has 0 bridgehead atoms. The Labute approximate surface area is 196 Å². The largest absolute Gasteiger partial charge is 0.488 e. The van der Waals surface area contributed by atoms with Crippen molar-refractivity contribution >= 4 is 28.1 Å². The Morgan fingerprint density at radius 1 is 0.879 bits per heavy atom. The van der Waals surface area contributed by atoms with Crippen LogP contribution in [0.4, 0.5) is 5.69 Å². The molecule has 0 heterocycles. The Kier molecular flexibility index (Phi) is 7.07. The fourth-order valence-corrected chi connectivity index (χ4v) is 4.07. The van der Waals surface area contributed by atoms with E-state index in [1.807, 2.05) is 48.5 Å². The molecular weight excluding hydrogens is 404 g/mol. The van der Waals surface area contributed by atoms with Gasteiger partial charge in [-0.3, -0.25) is 0 Å². The van der Waals surface area contributed by atoms with Gasteiger partial charge in [0.1, 0.15) is 12.4 Å². The average Bonchev–Trinajstić information content (AvgIpc) is 2.88. The summed E-state index contributed by atoms with van der Waals surface area (Å²) >= 11 is 0. The minimum absolute atomic E-state index is 0.472. The molecule has 0 aliphatic heterocycles. The van der Waals surface area contributed by atoms with Gasteiger partial charge in [-0.25, -0.2) is 0 Å². The molecular formula is C30H28N2O. The van der Waals surface area contributed by atoms with E-state index >= 15 is 0 Å². The predicted octanol–water partition coefficient (Wildman–Crippen LogP) is 7.33. The number of hydrogen-bond donors (Lipinski definition) is 0. The third-order valence-corrected chi connectivity index (χ3v) is 5.86. The van der Waals surface area contributed by atoms with Crippen LogP contribution in [0, 0.1) is 11.3 Å². The molecule has 0 atom stereocenters. The van der Waals surface area contributed by atoms with E-state index in [-0.39, 0.29) is 0 Å². The summed E-state index contributed by atoms with van der Waals surface area (Å²) in [5.74, 6) is 0.774. The van der Waals surface area contributed by atoms with Crippen LogP contribution >= 0.6 is 0 Å². The van der Waals surface area contributed by atoms with Crippen molar-refractivity contribution in [2.24, 2.45) is 0 Å². The van der Waals surface area contributed by atoms with Crippen LogP contribution in [0.2, 0.25) is 0 Å². The second-order valence-electron chi connectivity index (χ2n) is 7.87. The minimum Gasteiger partial charge on any atom is -0.488 e. The number of benzene rings is 4. The molecule has 0 unspecified atom stereocenters. The van der Waals surface area contributed by atoms with Gasteiger partial charge in [0.25, 0.3) is 0 Å². The number of rotatable bonds is 8. The summed E-state index contributed by atoms with van der Waals surface area (Å²) in [4.78, 5) is 2.29. The van der Waals surface area contributed by atoms with Gasteiger partial charge in [0.15, 0.2) is 0 Å². The maximum Gasteiger partial charge on any atom is 0.129 e. The van der Waals surface area contributed by atoms with Crippen LogP contribution in [0.3, 0.4) is 0 Å². The quantitative estimate of drug-likeness (QED) is 0.216. The van der Waals surface area contributed by atoms with Gasteiger partial charge in [-0.2, -0.15) is 5.26 Å². The highest BCUT2D eigenvalue weighted by atomic mass is 16.5. The number of nitrogens with zero attached hydrogens (tertiary/aromatic N) is 2. The van der Waals surface area contributed by atoms with Gasteiger partial charge in [-0.05, 0) is 48.4 Å². The van der Waals surface area contributed by atoms with Crippen molar-refractivity contribution in [2.75, 3.05) is 18.0 Å². The lowest BCUT2D eigenvalue weighted by atomic mass is 9.97. The van der Waals surface area contributed by atoms with E-state index in [0.29, 0.717) is 12.2 Å². The van der Waals surface area contributed by atoms with Crippen molar-refractivity contribution in [1.82, 2.24) is 0 Å². The molecule has 3 heteroatoms. The fourth-order valence-electron chi connectivity index (χ4n) is 4.07. The fraction of sp³-hybridized carbons (Fsp3) is 0.167. The number of nitriles is 1. The second kappa shape index (κ2) is 10.5. The smallest absolute Gasteiger partial charge is 0.129 e. The Morgan fingerprint density at radius 2 is 1.61 bits per heavy atom. The molecule has 0 aliphatic carbocycles. The van der Waals surface area contributed by atoms with Crippen LogP contribution in [-0.2, 0) is 6.61 Å². The first kappa shape index (κ1) is 22.2. The van der Waals surface area contributed by atoms with Crippen molar-refractivity contribution in [3.8, 4) is 11.8 Å². The second-order valence-corrected chi connectivity index (χ2v) is 7.87. The molecule has 0 aromatic heterocycles. The van der Waals surface area contributed by atoms with E-state index in [4.69, 9.17) is 4.74 Å². The highest BCUT2D eigenvalue weighted by molar-refractivity contribution is 6.02. The Hall–Kier alpha value is -4.03. The van der Waals surface area contributed by atoms with Crippen LogP contribution < -0.4 is 9.64 Å². The Morgan fingerprint density at radius 3 is 2.36 bits per heavy atom. The summed E-state index contributed by atoms with van der Waals surface area (Å²) in [6.07, 6.45) is 1.94. The van der Waals surface area contributed by atoms with Crippen molar-refractivity contribution in [3.63, 3.8) is 0 Å². The number of anilines is 1. The highest BCUT2D eigenvalue weighted by Gasteiger charge is 2.11. The number of allylic oxidation sites excluding steroid dienone is 1. The third-order valence-electron chi connectivity index (χ3n) is 5.86. The summed E-state index contributed by atoms with van der Waals surface area (Å²) in [6, 6.07) is 33.0. The molecule has 4 rings (SSSR count). The van der Waals surface area contributed by atoms with Crippen molar-refractivity contribution in [3.05, 3.63) is 108 Å². The average molecular weight is 433 g/mol. The molecule has 164 valence electrons. The lowest BCUT2D eigenvalue weighted by Crippen LogP contribution is -2.21. The van der Waals surface area contributed by atoms with Crippen LogP contribution in [-0.4, -0.2) is 13.1 Å². The molecule has 3 nitrogen and oxygen atoms in total. The zero-order valence-corrected chi connectivity index (χ0v) is 19.2. The first-order valence-electron chi connectivity index (χ1n) is 11.4. The van der Waals surface area contributed by atoms with Gasteiger partial charge >= 0.3 is 0 Å². The summed E-state index contributed by atoms with van der Waals surface area (Å²) < 4.78 is 6.29. The van der Waals surface area contributed by atoms with E-state index in [1.54, 1.807) is 0 Å². The lowest BCUT2D eigenvalue weighted by Gasteiger charge is -2.22. The van der Waals surface area contributed by atoms with Crippen LogP contribution in [0.5, 0.6) is 5.75 Å². The summed E-state index contributed by atoms with van der Waals surface area (Å²) in [5, 5.41) is 12.2. The van der Waals surface area contributed by atoms with E-state index in [0.717, 1.165) is 52.0 Å². The summed E-state index contributed by atoms with van der Waals surface area (Å²) in [7, 11) is 0. The molecule has 0 saturated heterocycles. The van der Waals surface area contributed by atoms with Crippen molar-refractivity contribution < 1.29 is 4.74 Å². The van der Waals surface area contributed by atoms with Gasteiger partial charge in [0.2, 0.25) is 0 Å². The molecule has 0 aliphatic rings. The van der Waals surface area contributed by atoms with E-state index in [1.165, 1.54) is 0 Å². The zero-order chi connectivity index (χ0) is 23.0. The third kappa shape index (κ3) is 5.07. The molecule has 0 saturated carbocycles. The van der Waals surface area contributed by atoms with E-state index < -0.39 is 0 Å². The SMILES string of the molecule is CCN(CC)c1ccc(/C=C(/C#N)c2cccc3ccccc23)c(OCc2ccccc2)c1. The molecule has 0 amide bonds. The molecule has 0 fully saturated rings. The van der Waals surface area contributed by atoms with Crippen LogP contribution in [0.25, 0.3) is 22.4 Å². The van der Waals surface area contributed by atoms with Crippen LogP contribution in [0.15, 0.2) is 91.0 Å². The maximum atomic E-state index is 10.1. The first-order valence-corrected chi connectivity index (χ1v) is 11.4. The van der Waals surface area contributed by atoms with Crippen molar-refractivity contribution in [2.45, 2.75) is 20.5 Å². The molecule has 4 aromatic carbocycles. The van der Waals surface area contributed by atoms with E-state index in [9.17, 15) is 5.26 Å². The highest BCUT2D eigenvalue weighted by Crippen LogP contribution is 2.32. The number of fused-ring (bicyclic) bond motifs is 1. The minimum atomic E-state index is 0.472. The Balaban J connectivity index is 1.77. The van der Waals surface area contributed by atoms with Gasteiger partial charge in [-0.15, -0.1) is 0 Å². The number of hydrogen-bond acceptors (Lipinski definition) is 3. The van der Waals surface area contributed by atoms with E-state index in [2.05, 4.69) is 73.3 Å². The number of ether oxygens (including phenoxy) is 1. The standard InChI is InChI=1S/C30H28N2O/c1-3-32(4-2)27-18-17-25(30(20-27)33-22-23-11-6-5-7-12-23)19-26(21-31)29-16-10-14-24-13-8-9-15-28(24)29/h5-20H,3-4,22H2,1-2H3/b26-19-. The molecule has 33 heavy (non-hydrogen) atoms. The molecule has 0 radical (unpaired) electrons. The van der Waals surface area contributed by atoms with Gasteiger partial charge in [-0.1, -0.05) is 72.8 Å². The van der Waals surface area contributed by atoms with Gasteiger partial charge < -0.3 is 9.64 Å². The normalized spacial score (nSPS) is 11.2. The molecule has 0 spiro atoms. The topological polar surface area (TPSA) is 36.3 Å².